The first-order valence-electron chi connectivity index (χ1n) is 12.6. The molecule has 0 spiro atoms. The van der Waals surface area contributed by atoms with E-state index < -0.39 is 6.04 Å². The van der Waals surface area contributed by atoms with Crippen LogP contribution in [0.1, 0.15) is 43.4 Å². The fourth-order valence-corrected chi connectivity index (χ4v) is 4.15. The summed E-state index contributed by atoms with van der Waals surface area (Å²) in [4.78, 5) is 28.6. The minimum atomic E-state index is -0.693. The first kappa shape index (κ1) is 27.3. The van der Waals surface area contributed by atoms with Gasteiger partial charge in [0, 0.05) is 24.5 Å². The Labute approximate surface area is 219 Å². The molecule has 0 aliphatic heterocycles. The molecule has 5 nitrogen and oxygen atoms in total. The number of nitrogens with one attached hydrogen (secondary N) is 1. The summed E-state index contributed by atoms with van der Waals surface area (Å²) in [5, 5.41) is 3.61. The molecule has 1 N–H and O–H groups in total. The van der Waals surface area contributed by atoms with Crippen molar-refractivity contribution < 1.29 is 14.3 Å². The zero-order valence-corrected chi connectivity index (χ0v) is 21.8. The first-order valence-corrected chi connectivity index (χ1v) is 12.9. The molecule has 0 aliphatic carbocycles. The van der Waals surface area contributed by atoms with E-state index in [1.165, 1.54) is 5.56 Å². The molecule has 2 amide bonds. The van der Waals surface area contributed by atoms with E-state index in [0.717, 1.165) is 30.4 Å². The normalized spacial score (nSPS) is 11.5. The number of hydrogen-bond acceptors (Lipinski definition) is 3. The largest absolute Gasteiger partial charge is 0.484 e. The van der Waals surface area contributed by atoms with Crippen molar-refractivity contribution in [1.82, 2.24) is 10.2 Å². The smallest absolute Gasteiger partial charge is 0.261 e. The van der Waals surface area contributed by atoms with Crippen LogP contribution < -0.4 is 10.1 Å². The highest BCUT2D eigenvalue weighted by Gasteiger charge is 2.30. The van der Waals surface area contributed by atoms with Gasteiger partial charge in [-0.15, -0.1) is 0 Å². The maximum Gasteiger partial charge on any atom is 0.261 e. The predicted molar refractivity (Wildman–Crippen MR) is 145 cm³/mol. The maximum absolute atomic E-state index is 13.6. The van der Waals surface area contributed by atoms with Crippen LogP contribution in [-0.4, -0.2) is 35.9 Å². The van der Waals surface area contributed by atoms with E-state index in [4.69, 9.17) is 16.3 Å². The fourth-order valence-electron chi connectivity index (χ4n) is 3.94. The number of halogens is 1. The van der Waals surface area contributed by atoms with E-state index in [2.05, 4.69) is 19.2 Å². The van der Waals surface area contributed by atoms with Gasteiger partial charge in [0.05, 0.1) is 0 Å². The van der Waals surface area contributed by atoms with Gasteiger partial charge < -0.3 is 15.0 Å². The topological polar surface area (TPSA) is 58.6 Å². The van der Waals surface area contributed by atoms with E-state index in [1.807, 2.05) is 72.8 Å². The summed E-state index contributed by atoms with van der Waals surface area (Å²) >= 11 is 6.22. The number of benzene rings is 3. The molecule has 0 heterocycles. The predicted octanol–water partition coefficient (Wildman–Crippen LogP) is 5.84. The van der Waals surface area contributed by atoms with Gasteiger partial charge in [-0.05, 0) is 53.8 Å². The highest BCUT2D eigenvalue weighted by atomic mass is 35.5. The van der Waals surface area contributed by atoms with Crippen molar-refractivity contribution in [3.8, 4) is 5.75 Å². The lowest BCUT2D eigenvalue weighted by molar-refractivity contribution is -0.142. The maximum atomic E-state index is 13.6. The lowest BCUT2D eigenvalue weighted by atomic mass is 10.0. The zero-order valence-electron chi connectivity index (χ0n) is 21.1. The average Bonchev–Trinajstić information content (AvgIpc) is 2.90. The number of unbranched alkanes of at least 4 members (excludes halogenated alkanes) is 1. The Bertz CT molecular complexity index is 1100. The van der Waals surface area contributed by atoms with Crippen LogP contribution >= 0.6 is 11.6 Å². The number of aryl methyl sites for hydroxylation is 1. The van der Waals surface area contributed by atoms with Crippen LogP contribution in [0.4, 0.5) is 0 Å². The fraction of sp³-hybridized carbons (Fsp3) is 0.333. The van der Waals surface area contributed by atoms with Crippen LogP contribution in [0.25, 0.3) is 0 Å². The van der Waals surface area contributed by atoms with Crippen molar-refractivity contribution in [2.75, 3.05) is 13.2 Å². The molecular weight excluding hydrogens is 472 g/mol. The molecule has 0 bridgehead atoms. The highest BCUT2D eigenvalue weighted by molar-refractivity contribution is 6.30. The third kappa shape index (κ3) is 8.42. The Morgan fingerprint density at radius 1 is 0.917 bits per heavy atom. The summed E-state index contributed by atoms with van der Waals surface area (Å²) in [6, 6.07) is 24.1. The minimum absolute atomic E-state index is 0.167. The van der Waals surface area contributed by atoms with Crippen LogP contribution in [0.2, 0.25) is 5.02 Å². The van der Waals surface area contributed by atoms with Crippen molar-refractivity contribution >= 4 is 23.4 Å². The molecule has 0 radical (unpaired) electrons. The molecule has 1 atom stereocenters. The second-order valence-corrected chi connectivity index (χ2v) is 9.22. The van der Waals surface area contributed by atoms with E-state index in [1.54, 1.807) is 11.0 Å². The number of carbonyl (C=O) groups excluding carboxylic acids is 2. The number of nitrogens with zero attached hydrogens (tertiary/aromatic N) is 1. The third-order valence-electron chi connectivity index (χ3n) is 6.04. The Morgan fingerprint density at radius 2 is 1.64 bits per heavy atom. The molecule has 3 rings (SSSR count). The van der Waals surface area contributed by atoms with Crippen molar-refractivity contribution in [3.63, 3.8) is 0 Å². The molecule has 3 aromatic carbocycles. The average molecular weight is 507 g/mol. The van der Waals surface area contributed by atoms with Crippen LogP contribution in [0.3, 0.4) is 0 Å². The van der Waals surface area contributed by atoms with E-state index in [9.17, 15) is 9.59 Å². The Kier molecular flexibility index (Phi) is 10.8. The first-order chi connectivity index (χ1) is 17.5. The van der Waals surface area contributed by atoms with E-state index >= 15 is 0 Å². The van der Waals surface area contributed by atoms with Gasteiger partial charge in [-0.1, -0.05) is 86.5 Å². The Balaban J connectivity index is 1.86. The number of carbonyl (C=O) groups is 2. The van der Waals surface area contributed by atoms with Crippen molar-refractivity contribution in [3.05, 3.63) is 101 Å². The SMILES string of the molecule is CCCCNC(=O)C(Cc1ccccc1)N(Cc1cccc(Cl)c1)C(=O)COc1ccc(CC)cc1. The molecule has 0 aromatic heterocycles. The summed E-state index contributed by atoms with van der Waals surface area (Å²) in [5.74, 6) is 0.186. The Morgan fingerprint density at radius 3 is 2.31 bits per heavy atom. The molecule has 36 heavy (non-hydrogen) atoms. The number of ether oxygens (including phenoxy) is 1. The molecule has 0 aliphatic rings. The summed E-state index contributed by atoms with van der Waals surface area (Å²) in [6.07, 6.45) is 3.18. The zero-order chi connectivity index (χ0) is 25.8. The van der Waals surface area contributed by atoms with Gasteiger partial charge in [0.2, 0.25) is 5.91 Å². The minimum Gasteiger partial charge on any atom is -0.484 e. The van der Waals surface area contributed by atoms with Crippen LogP contribution in [0.15, 0.2) is 78.9 Å². The number of rotatable bonds is 13. The lowest BCUT2D eigenvalue weighted by Gasteiger charge is -2.31. The summed E-state index contributed by atoms with van der Waals surface area (Å²) in [5.41, 5.74) is 3.03. The summed E-state index contributed by atoms with van der Waals surface area (Å²) in [7, 11) is 0. The Hall–Kier alpha value is -3.31. The van der Waals surface area contributed by atoms with Crippen LogP contribution in [0.5, 0.6) is 5.75 Å². The van der Waals surface area contributed by atoms with Crippen molar-refractivity contribution in [1.29, 1.82) is 0 Å². The number of amides is 2. The molecular formula is C30H35ClN2O3. The van der Waals surface area contributed by atoms with Gasteiger partial charge in [0.15, 0.2) is 6.61 Å². The number of hydrogen-bond donors (Lipinski definition) is 1. The van der Waals surface area contributed by atoms with Crippen LogP contribution in [0, 0.1) is 0 Å². The van der Waals surface area contributed by atoms with Gasteiger partial charge in [0.25, 0.3) is 5.91 Å². The summed E-state index contributed by atoms with van der Waals surface area (Å²) < 4.78 is 5.84. The standard InChI is InChI=1S/C30H35ClN2O3/c1-3-5-18-32-30(35)28(20-24-10-7-6-8-11-24)33(21-25-12-9-13-26(31)19-25)29(34)22-36-27-16-14-23(4-2)15-17-27/h6-17,19,28H,3-5,18,20-22H2,1-2H3,(H,32,35). The van der Waals surface area contributed by atoms with Crippen molar-refractivity contribution in [2.45, 2.75) is 52.1 Å². The second kappa shape index (κ2) is 14.3. The van der Waals surface area contributed by atoms with Gasteiger partial charge in [0.1, 0.15) is 11.8 Å². The van der Waals surface area contributed by atoms with Crippen molar-refractivity contribution in [2.24, 2.45) is 0 Å². The molecule has 0 fully saturated rings. The summed E-state index contributed by atoms with van der Waals surface area (Å²) in [6.45, 7) is 4.81. The highest BCUT2D eigenvalue weighted by Crippen LogP contribution is 2.19. The van der Waals surface area contributed by atoms with E-state index in [0.29, 0.717) is 23.7 Å². The molecule has 3 aromatic rings. The van der Waals surface area contributed by atoms with Gasteiger partial charge in [-0.3, -0.25) is 9.59 Å². The molecule has 190 valence electrons. The molecule has 1 unspecified atom stereocenters. The monoisotopic (exact) mass is 506 g/mol. The quantitative estimate of drug-likeness (QED) is 0.296. The second-order valence-electron chi connectivity index (χ2n) is 8.79. The van der Waals surface area contributed by atoms with Gasteiger partial charge in [-0.25, -0.2) is 0 Å². The van der Waals surface area contributed by atoms with Gasteiger partial charge in [-0.2, -0.15) is 0 Å². The third-order valence-corrected chi connectivity index (χ3v) is 6.27. The van der Waals surface area contributed by atoms with E-state index in [-0.39, 0.29) is 25.0 Å². The molecule has 6 heteroatoms. The molecule has 0 saturated carbocycles. The lowest BCUT2D eigenvalue weighted by Crippen LogP contribution is -2.51. The van der Waals surface area contributed by atoms with Crippen LogP contribution in [-0.2, 0) is 29.0 Å². The molecule has 0 saturated heterocycles. The van der Waals surface area contributed by atoms with Gasteiger partial charge >= 0.3 is 0 Å².